The van der Waals surface area contributed by atoms with Gasteiger partial charge in [-0.15, -0.1) is 0 Å². The van der Waals surface area contributed by atoms with E-state index in [0.717, 1.165) is 31.0 Å². The molecule has 1 amide bonds. The smallest absolute Gasteiger partial charge is 0.269 e. The molecule has 1 aromatic rings. The number of carbonyl (C=O) groups excluding carboxylic acids is 1. The zero-order chi connectivity index (χ0) is 13.5. The zero-order valence-electron chi connectivity index (χ0n) is 11.3. The van der Waals surface area contributed by atoms with E-state index in [-0.39, 0.29) is 5.91 Å². The quantitative estimate of drug-likeness (QED) is 0.839. The summed E-state index contributed by atoms with van der Waals surface area (Å²) in [6.45, 7) is 3.78. The lowest BCUT2D eigenvalue weighted by Crippen LogP contribution is -2.29. The number of hydrogen-bond acceptors (Lipinski definition) is 4. The Hall–Kier alpha value is -1.23. The Balaban J connectivity index is 1.86. The number of rotatable bonds is 6. The van der Waals surface area contributed by atoms with Crippen LogP contribution < -0.4 is 10.6 Å². The second-order valence-electron chi connectivity index (χ2n) is 4.80. The van der Waals surface area contributed by atoms with Gasteiger partial charge in [0.1, 0.15) is 5.69 Å². The number of nitrogens with one attached hydrogen (secondary N) is 2. The van der Waals surface area contributed by atoms with Crippen molar-refractivity contribution in [2.75, 3.05) is 29.9 Å². The summed E-state index contributed by atoms with van der Waals surface area (Å²) in [5, 5.41) is 6.25. The Morgan fingerprint density at radius 3 is 3.21 bits per heavy atom. The van der Waals surface area contributed by atoms with Gasteiger partial charge in [0.05, 0.1) is 0 Å². The average Bonchev–Trinajstić information content (AvgIpc) is 2.96. The van der Waals surface area contributed by atoms with E-state index in [1.165, 1.54) is 12.2 Å². The monoisotopic (exact) mass is 279 g/mol. The lowest BCUT2D eigenvalue weighted by Gasteiger charge is -2.10. The van der Waals surface area contributed by atoms with Crippen LogP contribution in [0.5, 0.6) is 0 Å². The molecule has 19 heavy (non-hydrogen) atoms. The number of carbonyl (C=O) groups is 1. The molecule has 104 valence electrons. The van der Waals surface area contributed by atoms with Crippen molar-refractivity contribution in [3.8, 4) is 0 Å². The lowest BCUT2D eigenvalue weighted by molar-refractivity contribution is 0.0943. The molecular formula is C14H21N3OS. The Bertz CT molecular complexity index is 419. The van der Waals surface area contributed by atoms with Crippen molar-refractivity contribution in [1.82, 2.24) is 10.3 Å². The van der Waals surface area contributed by atoms with E-state index in [0.29, 0.717) is 11.6 Å². The molecule has 0 radical (unpaired) electrons. The standard InChI is InChI=1S/C14H21N3OS/c1-2-5-15-12-3-6-16-13(8-12)14(18)17-9-11-4-7-19-10-11/h3,6,8,11H,2,4-5,7,9-10H2,1H3,(H,15,16)(H,17,18). The molecule has 0 spiro atoms. The summed E-state index contributed by atoms with van der Waals surface area (Å²) in [4.78, 5) is 16.2. The zero-order valence-corrected chi connectivity index (χ0v) is 12.1. The van der Waals surface area contributed by atoms with Gasteiger partial charge in [0, 0.05) is 25.0 Å². The molecule has 1 saturated heterocycles. The van der Waals surface area contributed by atoms with Gasteiger partial charge in [-0.2, -0.15) is 11.8 Å². The van der Waals surface area contributed by atoms with Gasteiger partial charge >= 0.3 is 0 Å². The number of anilines is 1. The van der Waals surface area contributed by atoms with Gasteiger partial charge in [-0.3, -0.25) is 9.78 Å². The normalized spacial score (nSPS) is 18.3. The number of aromatic nitrogens is 1. The molecule has 4 nitrogen and oxygen atoms in total. The Kier molecular flexibility index (Phi) is 5.51. The highest BCUT2D eigenvalue weighted by atomic mass is 32.2. The van der Waals surface area contributed by atoms with Crippen molar-refractivity contribution < 1.29 is 4.79 Å². The molecule has 2 N–H and O–H groups in total. The molecular weight excluding hydrogens is 258 g/mol. The van der Waals surface area contributed by atoms with Crippen LogP contribution in [-0.4, -0.2) is 35.5 Å². The summed E-state index contributed by atoms with van der Waals surface area (Å²) < 4.78 is 0. The van der Waals surface area contributed by atoms with Crippen molar-refractivity contribution in [3.05, 3.63) is 24.0 Å². The maximum Gasteiger partial charge on any atom is 0.269 e. The molecule has 0 aliphatic carbocycles. The third kappa shape index (κ3) is 4.42. The predicted octanol–water partition coefficient (Wildman–Crippen LogP) is 2.39. The first-order chi connectivity index (χ1) is 9.29. The Morgan fingerprint density at radius 1 is 1.58 bits per heavy atom. The van der Waals surface area contributed by atoms with E-state index in [1.807, 2.05) is 23.9 Å². The second kappa shape index (κ2) is 7.38. The fourth-order valence-electron chi connectivity index (χ4n) is 2.01. The van der Waals surface area contributed by atoms with E-state index in [4.69, 9.17) is 0 Å². The molecule has 5 heteroatoms. The van der Waals surface area contributed by atoms with Gasteiger partial charge in [0.25, 0.3) is 5.91 Å². The third-order valence-corrected chi connectivity index (χ3v) is 4.38. The molecule has 2 rings (SSSR count). The minimum atomic E-state index is -0.0722. The van der Waals surface area contributed by atoms with E-state index < -0.39 is 0 Å². The van der Waals surface area contributed by atoms with E-state index in [1.54, 1.807) is 6.20 Å². The van der Waals surface area contributed by atoms with Crippen LogP contribution in [0.4, 0.5) is 5.69 Å². The van der Waals surface area contributed by atoms with E-state index >= 15 is 0 Å². The first-order valence-electron chi connectivity index (χ1n) is 6.85. The Morgan fingerprint density at radius 2 is 2.47 bits per heavy atom. The van der Waals surface area contributed by atoms with Crippen molar-refractivity contribution in [1.29, 1.82) is 0 Å². The van der Waals surface area contributed by atoms with Crippen LogP contribution in [0.2, 0.25) is 0 Å². The number of amides is 1. The van der Waals surface area contributed by atoms with Crippen molar-refractivity contribution in [3.63, 3.8) is 0 Å². The van der Waals surface area contributed by atoms with Gasteiger partial charge in [-0.1, -0.05) is 6.92 Å². The van der Waals surface area contributed by atoms with Crippen LogP contribution in [0.3, 0.4) is 0 Å². The van der Waals surface area contributed by atoms with Gasteiger partial charge in [0.2, 0.25) is 0 Å². The molecule has 1 aromatic heterocycles. The van der Waals surface area contributed by atoms with Gasteiger partial charge in [0.15, 0.2) is 0 Å². The van der Waals surface area contributed by atoms with Crippen LogP contribution in [0.15, 0.2) is 18.3 Å². The molecule has 0 bridgehead atoms. The summed E-state index contributed by atoms with van der Waals surface area (Å²) in [6, 6.07) is 3.70. The minimum Gasteiger partial charge on any atom is -0.385 e. The van der Waals surface area contributed by atoms with Crippen molar-refractivity contribution >= 4 is 23.4 Å². The van der Waals surface area contributed by atoms with Crippen molar-refractivity contribution in [2.24, 2.45) is 5.92 Å². The maximum absolute atomic E-state index is 12.0. The molecule has 1 fully saturated rings. The van der Waals surface area contributed by atoms with E-state index in [9.17, 15) is 4.79 Å². The predicted molar refractivity (Wildman–Crippen MR) is 80.8 cm³/mol. The van der Waals surface area contributed by atoms with Crippen LogP contribution in [0, 0.1) is 5.92 Å². The van der Waals surface area contributed by atoms with Crippen LogP contribution in [-0.2, 0) is 0 Å². The molecule has 0 aromatic carbocycles. The molecule has 2 heterocycles. The average molecular weight is 279 g/mol. The summed E-state index contributed by atoms with van der Waals surface area (Å²) in [5.74, 6) is 2.92. The SMILES string of the molecule is CCCNc1ccnc(C(=O)NCC2CCSC2)c1. The third-order valence-electron chi connectivity index (χ3n) is 3.15. The van der Waals surface area contributed by atoms with E-state index in [2.05, 4.69) is 22.5 Å². The fraction of sp³-hybridized carbons (Fsp3) is 0.571. The summed E-state index contributed by atoms with van der Waals surface area (Å²) >= 11 is 1.96. The summed E-state index contributed by atoms with van der Waals surface area (Å²) in [7, 11) is 0. The topological polar surface area (TPSA) is 54.0 Å². The lowest BCUT2D eigenvalue weighted by atomic mass is 10.1. The highest BCUT2D eigenvalue weighted by molar-refractivity contribution is 7.99. The number of thioether (sulfide) groups is 1. The number of pyridine rings is 1. The molecule has 1 aliphatic heterocycles. The van der Waals surface area contributed by atoms with Gasteiger partial charge in [-0.25, -0.2) is 0 Å². The first kappa shape index (κ1) is 14.2. The highest BCUT2D eigenvalue weighted by Crippen LogP contribution is 2.22. The Labute approximate surface area is 118 Å². The second-order valence-corrected chi connectivity index (χ2v) is 5.95. The number of hydrogen-bond donors (Lipinski definition) is 2. The molecule has 1 aliphatic rings. The molecule has 1 atom stereocenters. The fourth-order valence-corrected chi connectivity index (χ4v) is 3.29. The molecule has 0 saturated carbocycles. The largest absolute Gasteiger partial charge is 0.385 e. The van der Waals surface area contributed by atoms with Crippen LogP contribution >= 0.6 is 11.8 Å². The highest BCUT2D eigenvalue weighted by Gasteiger charge is 2.17. The van der Waals surface area contributed by atoms with Gasteiger partial charge < -0.3 is 10.6 Å². The van der Waals surface area contributed by atoms with Crippen molar-refractivity contribution in [2.45, 2.75) is 19.8 Å². The minimum absolute atomic E-state index is 0.0722. The van der Waals surface area contributed by atoms with Gasteiger partial charge in [-0.05, 0) is 42.4 Å². The maximum atomic E-state index is 12.0. The number of nitrogens with zero attached hydrogens (tertiary/aromatic N) is 1. The van der Waals surface area contributed by atoms with Crippen LogP contribution in [0.25, 0.3) is 0 Å². The summed E-state index contributed by atoms with van der Waals surface area (Å²) in [5.41, 5.74) is 1.45. The summed E-state index contributed by atoms with van der Waals surface area (Å²) in [6.07, 6.45) is 3.94. The van der Waals surface area contributed by atoms with Crippen LogP contribution in [0.1, 0.15) is 30.3 Å². The first-order valence-corrected chi connectivity index (χ1v) is 8.01. The molecule has 1 unspecified atom stereocenters.